The number of carbonyl (C=O) groups excluding carboxylic acids is 1. The van der Waals surface area contributed by atoms with Crippen LogP contribution in [0.2, 0.25) is 0 Å². The smallest absolute Gasteiger partial charge is 0.188 e. The van der Waals surface area contributed by atoms with Gasteiger partial charge in [-0.05, 0) is 99.8 Å². The summed E-state index contributed by atoms with van der Waals surface area (Å²) in [6, 6.07) is 8.30. The van der Waals surface area contributed by atoms with Crippen molar-refractivity contribution in [2.24, 2.45) is 33.9 Å². The zero-order valence-corrected chi connectivity index (χ0v) is 22.4. The first-order chi connectivity index (χ1) is 17.0. The van der Waals surface area contributed by atoms with Crippen molar-refractivity contribution in [3.05, 3.63) is 34.0 Å². The first kappa shape index (κ1) is 25.9. The summed E-state index contributed by atoms with van der Waals surface area (Å²) in [4.78, 5) is 22.3. The van der Waals surface area contributed by atoms with Gasteiger partial charge in [-0.25, -0.2) is 0 Å². The van der Waals surface area contributed by atoms with Crippen molar-refractivity contribution in [3.8, 4) is 21.6 Å². The van der Waals surface area contributed by atoms with E-state index in [1.54, 1.807) is 29.7 Å². The first-order valence-corrected chi connectivity index (χ1v) is 14.4. The van der Waals surface area contributed by atoms with E-state index in [2.05, 4.69) is 40.3 Å². The van der Waals surface area contributed by atoms with Gasteiger partial charge in [0.05, 0.1) is 9.75 Å². The molecule has 1 spiro atoms. The van der Waals surface area contributed by atoms with Crippen molar-refractivity contribution in [2.75, 3.05) is 20.2 Å². The monoisotopic (exact) mass is 511 g/mol. The Morgan fingerprint density at radius 2 is 1.94 bits per heavy atom. The van der Waals surface area contributed by atoms with Crippen molar-refractivity contribution >= 4 is 34.4 Å². The van der Waals surface area contributed by atoms with E-state index in [1.165, 1.54) is 4.88 Å². The van der Waals surface area contributed by atoms with Crippen LogP contribution in [-0.4, -0.2) is 37.0 Å². The molecule has 7 heteroatoms. The average Bonchev–Trinajstić information content (AvgIpc) is 3.61. The van der Waals surface area contributed by atoms with Crippen molar-refractivity contribution in [1.29, 1.82) is 0 Å². The molecule has 0 radical (unpaired) electrons. The molecule has 0 saturated heterocycles. The number of aliphatic imine (C=N–C) groups is 1. The summed E-state index contributed by atoms with van der Waals surface area (Å²) in [6.07, 6.45) is 8.30. The normalized spacial score (nSPS) is 26.5. The fraction of sp³-hybridized carbons (Fsp3) is 0.571. The van der Waals surface area contributed by atoms with Crippen molar-refractivity contribution in [3.63, 3.8) is 0 Å². The molecule has 2 aromatic heterocycles. The molecule has 35 heavy (non-hydrogen) atoms. The van der Waals surface area contributed by atoms with Crippen LogP contribution in [0.1, 0.15) is 72.8 Å². The number of nitrogens with zero attached hydrogens (tertiary/aromatic N) is 1. The minimum Gasteiger partial charge on any atom is -0.396 e. The van der Waals surface area contributed by atoms with Crippen LogP contribution in [0.25, 0.3) is 9.75 Å². The molecule has 0 aromatic carbocycles. The maximum atomic E-state index is 13.9. The summed E-state index contributed by atoms with van der Waals surface area (Å²) >= 11 is 3.31. The lowest BCUT2D eigenvalue weighted by Gasteiger charge is -2.44. The summed E-state index contributed by atoms with van der Waals surface area (Å²) in [6.45, 7) is 2.92. The maximum Gasteiger partial charge on any atom is 0.188 e. The van der Waals surface area contributed by atoms with Crippen LogP contribution in [0.5, 0.6) is 0 Å². The van der Waals surface area contributed by atoms with E-state index in [9.17, 15) is 9.90 Å². The highest BCUT2D eigenvalue weighted by molar-refractivity contribution is 7.23. The number of Topliss-reactive ketones (excluding diaryl/α,β-unsaturated/α-hetero) is 1. The Morgan fingerprint density at radius 1 is 1.17 bits per heavy atom. The van der Waals surface area contributed by atoms with Gasteiger partial charge >= 0.3 is 0 Å². The van der Waals surface area contributed by atoms with Crippen LogP contribution >= 0.6 is 22.7 Å². The summed E-state index contributed by atoms with van der Waals surface area (Å²) in [5.74, 6) is 8.08. The van der Waals surface area contributed by atoms with Gasteiger partial charge in [-0.2, -0.15) is 0 Å². The Hall–Kier alpha value is -2.14. The van der Waals surface area contributed by atoms with Crippen LogP contribution in [0.15, 0.2) is 29.3 Å². The van der Waals surface area contributed by atoms with Crippen LogP contribution in [0, 0.1) is 35.0 Å². The number of ketones is 1. The number of thiophene rings is 2. The van der Waals surface area contributed by atoms with E-state index < -0.39 is 0 Å². The topological polar surface area (TPSA) is 87.7 Å². The van der Waals surface area contributed by atoms with Gasteiger partial charge in [0.25, 0.3) is 0 Å². The third-order valence-electron chi connectivity index (χ3n) is 7.89. The fourth-order valence-electron chi connectivity index (χ4n) is 6.27. The highest BCUT2D eigenvalue weighted by Crippen LogP contribution is 2.57. The van der Waals surface area contributed by atoms with Crippen molar-refractivity contribution in [2.45, 2.75) is 58.3 Å². The second kappa shape index (κ2) is 11.7. The number of hydrogen-bond acceptors (Lipinski definition) is 5. The largest absolute Gasteiger partial charge is 0.396 e. The number of nitrogens with one attached hydrogen (secondary N) is 1. The second-order valence-electron chi connectivity index (χ2n) is 10.1. The number of carbonyl (C=O) groups is 1. The lowest BCUT2D eigenvalue weighted by Crippen LogP contribution is -2.44. The number of nitrogens with two attached hydrogens (primary N) is 1. The molecule has 2 fully saturated rings. The quantitative estimate of drug-likeness (QED) is 0.188. The third kappa shape index (κ3) is 5.99. The number of rotatable bonds is 8. The molecule has 0 aliphatic heterocycles. The number of aliphatic hydroxyl groups is 1. The molecular weight excluding hydrogens is 474 g/mol. The summed E-state index contributed by atoms with van der Waals surface area (Å²) in [5.41, 5.74) is 5.94. The highest BCUT2D eigenvalue weighted by Gasteiger charge is 2.51. The molecule has 4 rings (SSSR count). The van der Waals surface area contributed by atoms with Crippen molar-refractivity contribution < 1.29 is 9.90 Å². The van der Waals surface area contributed by atoms with Crippen LogP contribution in [-0.2, 0) is 0 Å². The molecule has 2 aromatic rings. The summed E-state index contributed by atoms with van der Waals surface area (Å²) < 4.78 is 0. The molecule has 2 saturated carbocycles. The van der Waals surface area contributed by atoms with E-state index in [0.717, 1.165) is 72.5 Å². The van der Waals surface area contributed by atoms with Gasteiger partial charge in [0.2, 0.25) is 0 Å². The van der Waals surface area contributed by atoms with Gasteiger partial charge < -0.3 is 16.2 Å². The Morgan fingerprint density at radius 3 is 2.71 bits per heavy atom. The van der Waals surface area contributed by atoms with Crippen LogP contribution in [0.4, 0.5) is 0 Å². The molecule has 5 nitrogen and oxygen atoms in total. The number of guanidine groups is 1. The number of aliphatic hydroxyl groups excluding tert-OH is 1. The first-order valence-electron chi connectivity index (χ1n) is 12.7. The van der Waals surface area contributed by atoms with Gasteiger partial charge in [0.1, 0.15) is 0 Å². The molecular formula is C28H37N3O2S2. The van der Waals surface area contributed by atoms with E-state index in [0.29, 0.717) is 23.6 Å². The standard InChI is InChI=1S/C28H37N3O2S2/c1-3-5-21-8-10-23(34-21)24-11-12-25(35-24)26(33)22-9-7-20(18-31-27(29)30-2)17-28(22)14-13-19(16-28)6-4-15-32/h8,10-12,19-20,22,32H,4,6-7,9,13-18H2,1-2H3,(H3,29,30,31)/t19-,20-,22-,28+/m0/s1. The van der Waals surface area contributed by atoms with E-state index >= 15 is 0 Å². The van der Waals surface area contributed by atoms with Gasteiger partial charge in [-0.1, -0.05) is 5.92 Å². The summed E-state index contributed by atoms with van der Waals surface area (Å²) in [7, 11) is 1.70. The summed E-state index contributed by atoms with van der Waals surface area (Å²) in [5, 5.41) is 12.6. The van der Waals surface area contributed by atoms with E-state index in [4.69, 9.17) is 5.73 Å². The van der Waals surface area contributed by atoms with Gasteiger partial charge in [0, 0.05) is 35.9 Å². The van der Waals surface area contributed by atoms with Crippen molar-refractivity contribution in [1.82, 2.24) is 5.32 Å². The third-order valence-corrected chi connectivity index (χ3v) is 10.2. The fourth-order valence-corrected chi connectivity index (χ4v) is 8.27. The minimum absolute atomic E-state index is 0.0525. The lowest BCUT2D eigenvalue weighted by atomic mass is 9.60. The van der Waals surface area contributed by atoms with Crippen LogP contribution in [0.3, 0.4) is 0 Å². The molecule has 0 unspecified atom stereocenters. The number of hydrogen-bond donors (Lipinski definition) is 3. The maximum absolute atomic E-state index is 13.9. The molecule has 188 valence electrons. The Bertz CT molecular complexity index is 1110. The predicted molar refractivity (Wildman–Crippen MR) is 147 cm³/mol. The highest BCUT2D eigenvalue weighted by atomic mass is 32.1. The SMILES string of the molecule is CC#Cc1ccc(-c2ccc(C(=O)[C@@H]3CC[C@H](CNC(N)=NC)C[C@]34CC[C@H](CCCO)C4)s2)s1. The Labute approximate surface area is 217 Å². The zero-order valence-electron chi connectivity index (χ0n) is 20.8. The van der Waals surface area contributed by atoms with Crippen LogP contribution < -0.4 is 11.1 Å². The van der Waals surface area contributed by atoms with E-state index in [-0.39, 0.29) is 17.9 Å². The minimum atomic E-state index is 0.0525. The Balaban J connectivity index is 1.53. The van der Waals surface area contributed by atoms with Gasteiger partial charge in [0.15, 0.2) is 11.7 Å². The molecule has 0 bridgehead atoms. The van der Waals surface area contributed by atoms with E-state index in [1.807, 2.05) is 13.0 Å². The average molecular weight is 512 g/mol. The molecule has 0 amide bonds. The lowest BCUT2D eigenvalue weighted by molar-refractivity contribution is 0.0454. The van der Waals surface area contributed by atoms with Gasteiger partial charge in [-0.3, -0.25) is 9.79 Å². The van der Waals surface area contributed by atoms with Gasteiger partial charge in [-0.15, -0.1) is 28.6 Å². The second-order valence-corrected chi connectivity index (χ2v) is 12.3. The predicted octanol–water partition coefficient (Wildman–Crippen LogP) is 5.54. The molecule has 2 heterocycles. The molecule has 2 aliphatic carbocycles. The molecule has 4 N–H and O–H groups in total. The molecule has 2 aliphatic rings. The zero-order chi connectivity index (χ0) is 24.8. The molecule has 4 atom stereocenters. The Kier molecular flexibility index (Phi) is 8.69.